The van der Waals surface area contributed by atoms with Crippen molar-refractivity contribution in [3.05, 3.63) is 0 Å². The highest BCUT2D eigenvalue weighted by atomic mass is 28.3. The van der Waals surface area contributed by atoms with Crippen molar-refractivity contribution in [1.82, 2.24) is 10.3 Å². The third kappa shape index (κ3) is 7.59. The average Bonchev–Trinajstić information content (AvgIpc) is 1.49. The quantitative estimate of drug-likeness (QED) is 0.606. The number of rotatable bonds is 1. The van der Waals surface area contributed by atoms with Crippen LogP contribution in [0.1, 0.15) is 20.8 Å². The molecule has 0 heterocycles. The summed E-state index contributed by atoms with van der Waals surface area (Å²) in [7, 11) is -1.48. The van der Waals surface area contributed by atoms with Crippen LogP contribution in [0.15, 0.2) is 0 Å². The smallest absolute Gasteiger partial charge is 0.307 e. The highest BCUT2D eigenvalue weighted by Crippen LogP contribution is 1.99. The second-order valence-electron chi connectivity index (χ2n) is 5.08. The Labute approximate surface area is 76.0 Å². The Balaban J connectivity index is 3.92. The Morgan fingerprint density at radius 1 is 1.17 bits per heavy atom. The van der Waals surface area contributed by atoms with E-state index in [9.17, 15) is 4.79 Å². The molecule has 2 N–H and O–H groups in total. The van der Waals surface area contributed by atoms with Crippen LogP contribution in [0, 0.1) is 0 Å². The fourth-order valence-corrected chi connectivity index (χ4v) is 1.46. The predicted molar refractivity (Wildman–Crippen MR) is 54.8 cm³/mol. The van der Waals surface area contributed by atoms with Crippen molar-refractivity contribution in [1.29, 1.82) is 0 Å². The van der Waals surface area contributed by atoms with Crippen LogP contribution in [0.2, 0.25) is 19.6 Å². The fraction of sp³-hybridized carbons (Fsp3) is 0.875. The van der Waals surface area contributed by atoms with Crippen LogP contribution >= 0.6 is 0 Å². The molecule has 0 saturated heterocycles. The third-order valence-corrected chi connectivity index (χ3v) is 1.95. The number of carbonyl (C=O) groups is 1. The Kier molecular flexibility index (Phi) is 3.32. The van der Waals surface area contributed by atoms with E-state index in [1.165, 1.54) is 0 Å². The van der Waals surface area contributed by atoms with Crippen LogP contribution < -0.4 is 10.3 Å². The van der Waals surface area contributed by atoms with Gasteiger partial charge in [0.05, 0.1) is 0 Å². The highest BCUT2D eigenvalue weighted by Gasteiger charge is 2.19. The molecule has 0 fully saturated rings. The average molecular weight is 188 g/mol. The van der Waals surface area contributed by atoms with Gasteiger partial charge in [-0.1, -0.05) is 19.6 Å². The largest absolute Gasteiger partial charge is 0.365 e. The van der Waals surface area contributed by atoms with E-state index in [-0.39, 0.29) is 11.6 Å². The Morgan fingerprint density at radius 3 is 1.83 bits per heavy atom. The number of carbonyl (C=O) groups excluding carboxylic acids is 1. The van der Waals surface area contributed by atoms with Gasteiger partial charge in [-0.2, -0.15) is 0 Å². The molecule has 12 heavy (non-hydrogen) atoms. The Morgan fingerprint density at radius 2 is 1.58 bits per heavy atom. The molecule has 0 aromatic carbocycles. The van der Waals surface area contributed by atoms with E-state index >= 15 is 0 Å². The summed E-state index contributed by atoms with van der Waals surface area (Å²) in [5.74, 6) is 0. The standard InChI is InChI=1S/C8H20N2OSi/c1-8(2,3)9-7(11)10-12(4,5)6/h1-6H3,(H2,9,10,11). The summed E-state index contributed by atoms with van der Waals surface area (Å²) in [5, 5.41) is 2.86. The van der Waals surface area contributed by atoms with E-state index in [0.29, 0.717) is 0 Å². The minimum absolute atomic E-state index is 0.0540. The van der Waals surface area contributed by atoms with Crippen LogP contribution in [0.5, 0.6) is 0 Å². The molecule has 0 radical (unpaired) electrons. The van der Waals surface area contributed by atoms with Gasteiger partial charge in [0.25, 0.3) is 0 Å². The second kappa shape index (κ2) is 3.47. The van der Waals surface area contributed by atoms with Gasteiger partial charge in [-0.15, -0.1) is 0 Å². The maximum atomic E-state index is 11.3. The second-order valence-corrected chi connectivity index (χ2v) is 9.83. The van der Waals surface area contributed by atoms with Gasteiger partial charge >= 0.3 is 6.03 Å². The van der Waals surface area contributed by atoms with Gasteiger partial charge in [-0.3, -0.25) is 0 Å². The molecule has 0 spiro atoms. The lowest BCUT2D eigenvalue weighted by Crippen LogP contribution is -2.54. The van der Waals surface area contributed by atoms with Crippen LogP contribution in [0.25, 0.3) is 0 Å². The van der Waals surface area contributed by atoms with Crippen LogP contribution in [0.3, 0.4) is 0 Å². The van der Waals surface area contributed by atoms with Crippen molar-refractivity contribution in [2.75, 3.05) is 0 Å². The number of hydrogen-bond donors (Lipinski definition) is 2. The van der Waals surface area contributed by atoms with Crippen molar-refractivity contribution in [3.63, 3.8) is 0 Å². The van der Waals surface area contributed by atoms with E-state index in [4.69, 9.17) is 0 Å². The summed E-state index contributed by atoms with van der Waals surface area (Å²) in [6.45, 7) is 12.2. The molecule has 72 valence electrons. The van der Waals surface area contributed by atoms with Crippen LogP contribution in [0.4, 0.5) is 4.79 Å². The molecule has 0 saturated carbocycles. The molecule has 2 amide bonds. The molecule has 0 bridgehead atoms. The van der Waals surface area contributed by atoms with Gasteiger partial charge in [0.1, 0.15) is 8.24 Å². The van der Waals surface area contributed by atoms with Crippen molar-refractivity contribution >= 4 is 14.3 Å². The van der Waals surface area contributed by atoms with E-state index in [0.717, 1.165) is 0 Å². The van der Waals surface area contributed by atoms with Gasteiger partial charge in [0.2, 0.25) is 0 Å². The fourth-order valence-electron chi connectivity index (χ4n) is 0.712. The summed E-state index contributed by atoms with van der Waals surface area (Å²) >= 11 is 0. The topological polar surface area (TPSA) is 41.1 Å². The molecule has 0 aromatic heterocycles. The van der Waals surface area contributed by atoms with E-state index in [1.807, 2.05) is 20.8 Å². The summed E-state index contributed by atoms with van der Waals surface area (Å²) in [6.07, 6.45) is 0. The summed E-state index contributed by atoms with van der Waals surface area (Å²) in [6, 6.07) is -0.0540. The number of hydrogen-bond acceptors (Lipinski definition) is 1. The van der Waals surface area contributed by atoms with Crippen molar-refractivity contribution in [2.45, 2.75) is 46.0 Å². The molecule has 0 aliphatic heterocycles. The minimum Gasteiger partial charge on any atom is -0.365 e. The lowest BCUT2D eigenvalue weighted by Gasteiger charge is -2.25. The zero-order valence-corrected chi connectivity index (χ0v) is 9.91. The molecule has 3 nitrogen and oxygen atoms in total. The number of urea groups is 1. The van der Waals surface area contributed by atoms with Crippen LogP contribution in [-0.2, 0) is 0 Å². The first-order valence-electron chi connectivity index (χ1n) is 4.20. The van der Waals surface area contributed by atoms with Gasteiger partial charge in [-0.05, 0) is 20.8 Å². The molecular formula is C8H20N2OSi. The van der Waals surface area contributed by atoms with Crippen molar-refractivity contribution in [2.24, 2.45) is 0 Å². The van der Waals surface area contributed by atoms with E-state index in [2.05, 4.69) is 29.9 Å². The summed E-state index contributed by atoms with van der Waals surface area (Å²) in [4.78, 5) is 14.3. The third-order valence-electron chi connectivity index (χ3n) is 0.977. The normalized spacial score (nSPS) is 12.5. The summed E-state index contributed by atoms with van der Waals surface area (Å²) in [5.41, 5.74) is -0.149. The highest BCUT2D eigenvalue weighted by molar-refractivity contribution is 6.75. The van der Waals surface area contributed by atoms with E-state index in [1.54, 1.807) is 0 Å². The monoisotopic (exact) mass is 188 g/mol. The Bertz CT molecular complexity index is 149. The maximum Gasteiger partial charge on any atom is 0.307 e. The minimum atomic E-state index is -1.48. The first kappa shape index (κ1) is 11.5. The first-order chi connectivity index (χ1) is 5.10. The molecule has 0 unspecified atom stereocenters. The maximum absolute atomic E-state index is 11.3. The molecular weight excluding hydrogens is 168 g/mol. The molecule has 0 atom stereocenters. The number of amides is 2. The van der Waals surface area contributed by atoms with Gasteiger partial charge in [-0.25, -0.2) is 4.79 Å². The van der Waals surface area contributed by atoms with Gasteiger partial charge in [0, 0.05) is 5.54 Å². The lowest BCUT2D eigenvalue weighted by molar-refractivity contribution is 0.237. The lowest BCUT2D eigenvalue weighted by atomic mass is 10.1. The molecule has 0 aromatic rings. The van der Waals surface area contributed by atoms with Crippen molar-refractivity contribution < 1.29 is 4.79 Å². The zero-order chi connectivity index (χ0) is 9.99. The molecule has 4 heteroatoms. The molecule has 0 aliphatic rings. The van der Waals surface area contributed by atoms with Crippen LogP contribution in [-0.4, -0.2) is 19.8 Å². The van der Waals surface area contributed by atoms with Gasteiger partial charge in [0.15, 0.2) is 0 Å². The van der Waals surface area contributed by atoms with E-state index < -0.39 is 8.24 Å². The van der Waals surface area contributed by atoms with Crippen molar-refractivity contribution in [3.8, 4) is 0 Å². The Hall–Kier alpha value is -0.513. The molecule has 0 rings (SSSR count). The number of nitrogens with one attached hydrogen (secondary N) is 2. The van der Waals surface area contributed by atoms with Gasteiger partial charge < -0.3 is 10.3 Å². The molecule has 0 aliphatic carbocycles. The zero-order valence-electron chi connectivity index (χ0n) is 8.91. The summed E-state index contributed by atoms with van der Waals surface area (Å²) < 4.78 is 0. The predicted octanol–water partition coefficient (Wildman–Crippen LogP) is 1.92. The SMILES string of the molecule is CC(C)(C)NC(=O)N[Si](C)(C)C. The first-order valence-corrected chi connectivity index (χ1v) is 7.70.